The molecule has 1 aromatic carbocycles. The van der Waals surface area contributed by atoms with E-state index in [0.717, 1.165) is 32.1 Å². The molecule has 1 aromatic rings. The average molecular weight is 284 g/mol. The molecule has 110 valence electrons. The van der Waals surface area contributed by atoms with E-state index in [9.17, 15) is 9.59 Å². The summed E-state index contributed by atoms with van der Waals surface area (Å²) in [6.07, 6.45) is 5.25. The molecule has 2 fully saturated rings. The number of piperazine rings is 1. The van der Waals surface area contributed by atoms with Crippen LogP contribution in [0.3, 0.4) is 0 Å². The lowest BCUT2D eigenvalue weighted by Crippen LogP contribution is -2.59. The van der Waals surface area contributed by atoms with Crippen LogP contribution >= 0.6 is 0 Å². The molecular weight excluding hydrogens is 264 g/mol. The summed E-state index contributed by atoms with van der Waals surface area (Å²) in [6, 6.07) is 8.15. The second-order valence-electron chi connectivity index (χ2n) is 6.46. The lowest BCUT2D eigenvalue weighted by molar-refractivity contribution is -0.147. The summed E-state index contributed by atoms with van der Waals surface area (Å²) < 4.78 is 0. The molecule has 0 spiro atoms. The number of rotatable bonds is 2. The first-order valence-electron chi connectivity index (χ1n) is 7.91. The van der Waals surface area contributed by atoms with Crippen molar-refractivity contribution >= 4 is 11.8 Å². The van der Waals surface area contributed by atoms with E-state index in [-0.39, 0.29) is 30.4 Å². The number of amides is 2. The van der Waals surface area contributed by atoms with Gasteiger partial charge in [0.2, 0.25) is 11.8 Å². The van der Waals surface area contributed by atoms with Gasteiger partial charge < -0.3 is 10.2 Å². The number of carbonyl (C=O) groups excluding carboxylic acids is 2. The first kappa shape index (κ1) is 12.9. The van der Waals surface area contributed by atoms with Gasteiger partial charge in [0.1, 0.15) is 12.6 Å². The molecule has 0 radical (unpaired) electrons. The molecule has 4 nitrogen and oxygen atoms in total. The third-order valence-electron chi connectivity index (χ3n) is 4.99. The predicted octanol–water partition coefficient (Wildman–Crippen LogP) is 1.80. The fourth-order valence-corrected chi connectivity index (χ4v) is 3.76. The van der Waals surface area contributed by atoms with Gasteiger partial charge in [0.05, 0.1) is 6.04 Å². The first-order valence-corrected chi connectivity index (χ1v) is 7.91. The molecule has 1 aliphatic heterocycles. The second kappa shape index (κ2) is 4.86. The van der Waals surface area contributed by atoms with Gasteiger partial charge in [-0.3, -0.25) is 9.59 Å². The zero-order valence-corrected chi connectivity index (χ0v) is 12.0. The van der Waals surface area contributed by atoms with E-state index in [1.807, 2.05) is 11.0 Å². The van der Waals surface area contributed by atoms with E-state index in [2.05, 4.69) is 23.5 Å². The van der Waals surface area contributed by atoms with Crippen molar-refractivity contribution < 1.29 is 9.59 Å². The van der Waals surface area contributed by atoms with Crippen LogP contribution in [0.2, 0.25) is 0 Å². The minimum absolute atomic E-state index is 0.00504. The molecule has 2 atom stereocenters. The van der Waals surface area contributed by atoms with E-state index in [1.165, 1.54) is 11.1 Å². The highest BCUT2D eigenvalue weighted by Gasteiger charge is 2.45. The lowest BCUT2D eigenvalue weighted by Gasteiger charge is -2.40. The maximum Gasteiger partial charge on any atom is 0.246 e. The van der Waals surface area contributed by atoms with E-state index >= 15 is 0 Å². The van der Waals surface area contributed by atoms with Crippen molar-refractivity contribution in [1.82, 2.24) is 10.2 Å². The van der Waals surface area contributed by atoms with Crippen molar-refractivity contribution in [2.45, 2.75) is 44.2 Å². The monoisotopic (exact) mass is 284 g/mol. The van der Waals surface area contributed by atoms with Gasteiger partial charge in [-0.1, -0.05) is 24.3 Å². The standard InChI is InChI=1S/C17H20N2O2/c20-15-10-19(17(21)16(18-15)12-8-9-12)14-7-3-5-11-4-1-2-6-13(11)14/h1-2,4,6,12,14,16H,3,5,7-10H2,(H,18,20). The summed E-state index contributed by atoms with van der Waals surface area (Å²) >= 11 is 0. The van der Waals surface area contributed by atoms with Gasteiger partial charge in [-0.2, -0.15) is 0 Å². The normalized spacial score (nSPS) is 29.0. The van der Waals surface area contributed by atoms with Gasteiger partial charge in [0.15, 0.2) is 0 Å². The Kier molecular flexibility index (Phi) is 2.98. The topological polar surface area (TPSA) is 49.4 Å². The SMILES string of the molecule is O=C1CN(C2CCCc3ccccc32)C(=O)C(C2CC2)N1. The van der Waals surface area contributed by atoms with Crippen LogP contribution in [0.15, 0.2) is 24.3 Å². The minimum Gasteiger partial charge on any atom is -0.342 e. The van der Waals surface area contributed by atoms with Gasteiger partial charge in [-0.25, -0.2) is 0 Å². The van der Waals surface area contributed by atoms with Gasteiger partial charge in [-0.15, -0.1) is 0 Å². The van der Waals surface area contributed by atoms with Crippen molar-refractivity contribution in [3.05, 3.63) is 35.4 Å². The molecule has 1 saturated heterocycles. The van der Waals surface area contributed by atoms with Crippen molar-refractivity contribution in [3.8, 4) is 0 Å². The van der Waals surface area contributed by atoms with Crippen LogP contribution in [0.4, 0.5) is 0 Å². The van der Waals surface area contributed by atoms with Crippen LogP contribution in [-0.2, 0) is 16.0 Å². The number of hydrogen-bond donors (Lipinski definition) is 1. The van der Waals surface area contributed by atoms with E-state index in [1.54, 1.807) is 0 Å². The number of nitrogens with zero attached hydrogens (tertiary/aromatic N) is 1. The number of nitrogens with one attached hydrogen (secondary N) is 1. The van der Waals surface area contributed by atoms with Crippen molar-refractivity contribution in [2.24, 2.45) is 5.92 Å². The van der Waals surface area contributed by atoms with E-state index < -0.39 is 0 Å². The average Bonchev–Trinajstić information content (AvgIpc) is 3.33. The maximum atomic E-state index is 12.8. The molecule has 4 heteroatoms. The van der Waals surface area contributed by atoms with Crippen LogP contribution in [0.25, 0.3) is 0 Å². The third-order valence-corrected chi connectivity index (χ3v) is 4.99. The molecule has 2 aliphatic carbocycles. The molecule has 0 aromatic heterocycles. The molecule has 0 bridgehead atoms. The number of benzene rings is 1. The number of aryl methyl sites for hydroxylation is 1. The molecule has 21 heavy (non-hydrogen) atoms. The molecule has 1 N–H and O–H groups in total. The Morgan fingerprint density at radius 3 is 2.71 bits per heavy atom. The summed E-state index contributed by atoms with van der Waals surface area (Å²) in [6.45, 7) is 0.209. The smallest absolute Gasteiger partial charge is 0.246 e. The molecule has 4 rings (SSSR count). The Morgan fingerprint density at radius 2 is 1.90 bits per heavy atom. The van der Waals surface area contributed by atoms with Crippen molar-refractivity contribution in [1.29, 1.82) is 0 Å². The highest BCUT2D eigenvalue weighted by molar-refractivity contribution is 5.95. The number of fused-ring (bicyclic) bond motifs is 1. The largest absolute Gasteiger partial charge is 0.342 e. The summed E-state index contributed by atoms with van der Waals surface area (Å²) in [5, 5.41) is 2.89. The predicted molar refractivity (Wildman–Crippen MR) is 78.5 cm³/mol. The van der Waals surface area contributed by atoms with Gasteiger partial charge in [-0.05, 0) is 49.1 Å². The zero-order chi connectivity index (χ0) is 14.4. The molecule has 2 unspecified atom stereocenters. The zero-order valence-electron chi connectivity index (χ0n) is 12.0. The van der Waals surface area contributed by atoms with Crippen molar-refractivity contribution in [2.75, 3.05) is 6.54 Å². The minimum atomic E-state index is -0.277. The van der Waals surface area contributed by atoms with E-state index in [0.29, 0.717) is 5.92 Å². The lowest BCUT2D eigenvalue weighted by atomic mass is 9.86. The summed E-state index contributed by atoms with van der Waals surface area (Å²) in [7, 11) is 0. The highest BCUT2D eigenvalue weighted by atomic mass is 16.2. The first-order chi connectivity index (χ1) is 10.2. The Balaban J connectivity index is 1.66. The third kappa shape index (κ3) is 2.23. The van der Waals surface area contributed by atoms with Crippen LogP contribution < -0.4 is 5.32 Å². The maximum absolute atomic E-state index is 12.8. The van der Waals surface area contributed by atoms with Gasteiger partial charge in [0.25, 0.3) is 0 Å². The highest BCUT2D eigenvalue weighted by Crippen LogP contribution is 2.39. The molecular formula is C17H20N2O2. The Hall–Kier alpha value is -1.84. The van der Waals surface area contributed by atoms with Crippen LogP contribution in [0.5, 0.6) is 0 Å². The van der Waals surface area contributed by atoms with E-state index in [4.69, 9.17) is 0 Å². The van der Waals surface area contributed by atoms with Crippen LogP contribution in [0, 0.1) is 5.92 Å². The summed E-state index contributed by atoms with van der Waals surface area (Å²) in [4.78, 5) is 26.6. The van der Waals surface area contributed by atoms with Gasteiger partial charge in [0, 0.05) is 0 Å². The Morgan fingerprint density at radius 1 is 1.10 bits per heavy atom. The molecule has 1 heterocycles. The molecule has 3 aliphatic rings. The second-order valence-corrected chi connectivity index (χ2v) is 6.46. The van der Waals surface area contributed by atoms with Crippen LogP contribution in [0.1, 0.15) is 42.9 Å². The van der Waals surface area contributed by atoms with Crippen LogP contribution in [-0.4, -0.2) is 29.3 Å². The fraction of sp³-hybridized carbons (Fsp3) is 0.529. The summed E-state index contributed by atoms with van der Waals surface area (Å²) in [5.41, 5.74) is 2.57. The number of carbonyl (C=O) groups is 2. The Labute approximate surface area is 124 Å². The number of hydrogen-bond acceptors (Lipinski definition) is 2. The molecule has 2 amide bonds. The van der Waals surface area contributed by atoms with Crippen molar-refractivity contribution in [3.63, 3.8) is 0 Å². The fourth-order valence-electron chi connectivity index (χ4n) is 3.76. The van der Waals surface area contributed by atoms with Gasteiger partial charge >= 0.3 is 0 Å². The Bertz CT molecular complexity index is 594. The molecule has 1 saturated carbocycles. The summed E-state index contributed by atoms with van der Waals surface area (Å²) in [5.74, 6) is 0.483. The quantitative estimate of drug-likeness (QED) is 0.900.